The van der Waals surface area contributed by atoms with Crippen molar-refractivity contribution < 1.29 is 5.11 Å². The number of unbranched alkanes of at least 4 members (excludes halogenated alkanes) is 2. The average molecular weight is 255 g/mol. The summed E-state index contributed by atoms with van der Waals surface area (Å²) in [6.07, 6.45) is 11.0. The molecule has 0 saturated heterocycles. The fourth-order valence-electron chi connectivity index (χ4n) is 2.88. The normalized spacial score (nSPS) is 26.0. The number of hydrogen-bond donors (Lipinski definition) is 2. The molecule has 2 unspecified atom stereocenters. The summed E-state index contributed by atoms with van der Waals surface area (Å²) in [5, 5.41) is 13.7. The number of rotatable bonds is 7. The smallest absolute Gasteiger partial charge is 0.0693 e. The maximum Gasteiger partial charge on any atom is 0.0693 e. The molecule has 0 bridgehead atoms. The van der Waals surface area contributed by atoms with Crippen molar-refractivity contribution >= 4 is 0 Å². The highest BCUT2D eigenvalue weighted by molar-refractivity contribution is 4.82. The van der Waals surface area contributed by atoms with Gasteiger partial charge in [-0.15, -0.1) is 0 Å². The van der Waals surface area contributed by atoms with Crippen molar-refractivity contribution in [1.82, 2.24) is 5.32 Å². The van der Waals surface area contributed by atoms with Crippen LogP contribution in [0.25, 0.3) is 0 Å². The van der Waals surface area contributed by atoms with Gasteiger partial charge in [0, 0.05) is 12.6 Å². The Morgan fingerprint density at radius 1 is 1.11 bits per heavy atom. The van der Waals surface area contributed by atoms with Gasteiger partial charge in [-0.25, -0.2) is 0 Å². The zero-order valence-electron chi connectivity index (χ0n) is 12.7. The monoisotopic (exact) mass is 255 g/mol. The molecule has 1 aliphatic rings. The van der Waals surface area contributed by atoms with Gasteiger partial charge in [0.15, 0.2) is 0 Å². The van der Waals surface area contributed by atoms with Crippen LogP contribution < -0.4 is 5.32 Å². The largest absolute Gasteiger partial charge is 0.392 e. The van der Waals surface area contributed by atoms with Crippen molar-refractivity contribution in [2.24, 2.45) is 5.41 Å². The molecule has 0 heterocycles. The SMILES string of the molecule is CCCCCC(C)(C)CNC1CCCCCC1O. The van der Waals surface area contributed by atoms with Crippen LogP contribution >= 0.6 is 0 Å². The van der Waals surface area contributed by atoms with Crippen LogP contribution in [0, 0.1) is 5.41 Å². The molecule has 0 aliphatic heterocycles. The van der Waals surface area contributed by atoms with Crippen LogP contribution in [0.15, 0.2) is 0 Å². The van der Waals surface area contributed by atoms with E-state index in [0.717, 1.165) is 19.4 Å². The van der Waals surface area contributed by atoms with Crippen molar-refractivity contribution in [3.8, 4) is 0 Å². The van der Waals surface area contributed by atoms with Crippen LogP contribution in [0.4, 0.5) is 0 Å². The van der Waals surface area contributed by atoms with E-state index < -0.39 is 0 Å². The van der Waals surface area contributed by atoms with E-state index in [1.807, 2.05) is 0 Å². The first-order valence-corrected chi connectivity index (χ1v) is 7.96. The van der Waals surface area contributed by atoms with E-state index in [-0.39, 0.29) is 6.10 Å². The fraction of sp³-hybridized carbons (Fsp3) is 1.00. The quantitative estimate of drug-likeness (QED) is 0.534. The minimum absolute atomic E-state index is 0.126. The second-order valence-electron chi connectivity index (χ2n) is 6.81. The number of nitrogens with one attached hydrogen (secondary N) is 1. The summed E-state index contributed by atoms with van der Waals surface area (Å²) in [4.78, 5) is 0. The van der Waals surface area contributed by atoms with Gasteiger partial charge in [-0.3, -0.25) is 0 Å². The van der Waals surface area contributed by atoms with Crippen LogP contribution in [-0.2, 0) is 0 Å². The molecule has 108 valence electrons. The minimum Gasteiger partial charge on any atom is -0.392 e. The van der Waals surface area contributed by atoms with E-state index >= 15 is 0 Å². The molecule has 1 fully saturated rings. The van der Waals surface area contributed by atoms with Gasteiger partial charge in [-0.05, 0) is 24.7 Å². The lowest BCUT2D eigenvalue weighted by atomic mass is 9.86. The van der Waals surface area contributed by atoms with Crippen LogP contribution in [0.2, 0.25) is 0 Å². The summed E-state index contributed by atoms with van der Waals surface area (Å²) in [6.45, 7) is 7.99. The van der Waals surface area contributed by atoms with E-state index in [4.69, 9.17) is 0 Å². The maximum atomic E-state index is 10.1. The first kappa shape index (κ1) is 16.0. The van der Waals surface area contributed by atoms with Crippen LogP contribution in [0.3, 0.4) is 0 Å². The molecule has 2 heteroatoms. The highest BCUT2D eigenvalue weighted by atomic mass is 16.3. The van der Waals surface area contributed by atoms with Gasteiger partial charge in [0.25, 0.3) is 0 Å². The lowest BCUT2D eigenvalue weighted by Gasteiger charge is -2.30. The Morgan fingerprint density at radius 3 is 2.56 bits per heavy atom. The molecular weight excluding hydrogens is 222 g/mol. The predicted octanol–water partition coefficient (Wildman–Crippen LogP) is 3.88. The van der Waals surface area contributed by atoms with Gasteiger partial charge >= 0.3 is 0 Å². The summed E-state index contributed by atoms with van der Waals surface area (Å²) < 4.78 is 0. The maximum absolute atomic E-state index is 10.1. The summed E-state index contributed by atoms with van der Waals surface area (Å²) >= 11 is 0. The Balaban J connectivity index is 2.28. The lowest BCUT2D eigenvalue weighted by Crippen LogP contribution is -2.43. The fourth-order valence-corrected chi connectivity index (χ4v) is 2.88. The van der Waals surface area contributed by atoms with E-state index in [2.05, 4.69) is 26.1 Å². The third-order valence-electron chi connectivity index (χ3n) is 4.28. The Morgan fingerprint density at radius 2 is 1.83 bits per heavy atom. The summed E-state index contributed by atoms with van der Waals surface area (Å²) in [6, 6.07) is 0.331. The van der Waals surface area contributed by atoms with Gasteiger partial charge in [0.05, 0.1) is 6.10 Å². The molecule has 2 nitrogen and oxygen atoms in total. The zero-order valence-corrected chi connectivity index (χ0v) is 12.7. The molecule has 0 spiro atoms. The summed E-state index contributed by atoms with van der Waals surface area (Å²) in [5.41, 5.74) is 0.362. The third kappa shape index (κ3) is 6.19. The Labute approximate surface area is 114 Å². The van der Waals surface area contributed by atoms with E-state index in [1.165, 1.54) is 44.9 Å². The Hall–Kier alpha value is -0.0800. The molecule has 1 saturated carbocycles. The summed E-state index contributed by atoms with van der Waals surface area (Å²) in [7, 11) is 0. The average Bonchev–Trinajstić information content (AvgIpc) is 2.52. The second kappa shape index (κ2) is 8.16. The molecule has 0 aromatic rings. The molecule has 0 aromatic carbocycles. The number of aliphatic hydroxyl groups excluding tert-OH is 1. The molecule has 1 aliphatic carbocycles. The van der Waals surface area contributed by atoms with Gasteiger partial charge in [0.2, 0.25) is 0 Å². The minimum atomic E-state index is -0.126. The number of aliphatic hydroxyl groups is 1. The Kier molecular flexibility index (Phi) is 7.25. The topological polar surface area (TPSA) is 32.3 Å². The highest BCUT2D eigenvalue weighted by Crippen LogP contribution is 2.24. The lowest BCUT2D eigenvalue weighted by molar-refractivity contribution is 0.112. The molecule has 0 amide bonds. The van der Waals surface area contributed by atoms with Gasteiger partial charge in [-0.1, -0.05) is 59.3 Å². The van der Waals surface area contributed by atoms with Crippen molar-refractivity contribution in [3.63, 3.8) is 0 Å². The zero-order chi connectivity index (χ0) is 13.4. The van der Waals surface area contributed by atoms with Crippen LogP contribution in [0.5, 0.6) is 0 Å². The Bertz CT molecular complexity index is 215. The van der Waals surface area contributed by atoms with Crippen molar-refractivity contribution in [2.45, 2.75) is 90.7 Å². The molecule has 0 aromatic heterocycles. The third-order valence-corrected chi connectivity index (χ3v) is 4.28. The highest BCUT2D eigenvalue weighted by Gasteiger charge is 2.24. The first-order chi connectivity index (χ1) is 8.55. The van der Waals surface area contributed by atoms with Crippen LogP contribution in [-0.4, -0.2) is 23.8 Å². The predicted molar refractivity (Wildman–Crippen MR) is 78.8 cm³/mol. The van der Waals surface area contributed by atoms with E-state index in [1.54, 1.807) is 0 Å². The molecular formula is C16H33NO. The van der Waals surface area contributed by atoms with E-state index in [0.29, 0.717) is 11.5 Å². The number of hydrogen-bond acceptors (Lipinski definition) is 2. The van der Waals surface area contributed by atoms with Crippen LogP contribution in [0.1, 0.15) is 78.6 Å². The molecule has 2 atom stereocenters. The molecule has 18 heavy (non-hydrogen) atoms. The molecule has 1 rings (SSSR count). The first-order valence-electron chi connectivity index (χ1n) is 7.96. The van der Waals surface area contributed by atoms with Gasteiger partial charge in [-0.2, -0.15) is 0 Å². The van der Waals surface area contributed by atoms with Crippen molar-refractivity contribution in [1.29, 1.82) is 0 Å². The van der Waals surface area contributed by atoms with Gasteiger partial charge in [0.1, 0.15) is 0 Å². The van der Waals surface area contributed by atoms with Crippen molar-refractivity contribution in [2.75, 3.05) is 6.54 Å². The van der Waals surface area contributed by atoms with Crippen molar-refractivity contribution in [3.05, 3.63) is 0 Å². The van der Waals surface area contributed by atoms with E-state index in [9.17, 15) is 5.11 Å². The second-order valence-corrected chi connectivity index (χ2v) is 6.81. The summed E-state index contributed by atoms with van der Waals surface area (Å²) in [5.74, 6) is 0. The standard InChI is InChI=1S/C16H33NO/c1-4-5-9-12-16(2,3)13-17-14-10-7-6-8-11-15(14)18/h14-15,17-18H,4-13H2,1-3H3. The molecule has 0 radical (unpaired) electrons. The van der Waals surface area contributed by atoms with Gasteiger partial charge < -0.3 is 10.4 Å². The molecule has 2 N–H and O–H groups in total.